The summed E-state index contributed by atoms with van der Waals surface area (Å²) in [7, 11) is -0.862. The largest absolute Gasteiger partial charge is 0.322 e. The van der Waals surface area contributed by atoms with Crippen molar-refractivity contribution in [1.82, 2.24) is 10.2 Å². The Kier molecular flexibility index (Phi) is 6.29. The lowest BCUT2D eigenvalue weighted by atomic mass is 10.1. The van der Waals surface area contributed by atoms with Crippen LogP contribution in [-0.4, -0.2) is 45.3 Å². The Hall–Kier alpha value is -0.420. The second kappa shape index (κ2) is 7.24. The molecule has 1 saturated heterocycles. The average molecular weight is 274 g/mol. The van der Waals surface area contributed by atoms with Crippen molar-refractivity contribution in [3.05, 3.63) is 0 Å². The molecule has 1 N–H and O–H groups in total. The number of carbonyl (C=O) groups is 1. The van der Waals surface area contributed by atoms with Crippen LogP contribution in [-0.2, 0) is 15.6 Å². The molecule has 0 saturated carbocycles. The molecule has 4 unspecified atom stereocenters. The molecular weight excluding hydrogens is 248 g/mol. The van der Waals surface area contributed by atoms with E-state index in [-0.39, 0.29) is 24.2 Å². The van der Waals surface area contributed by atoms with Gasteiger partial charge in [0.1, 0.15) is 0 Å². The van der Waals surface area contributed by atoms with Gasteiger partial charge in [0.05, 0.1) is 12.2 Å². The van der Waals surface area contributed by atoms with Crippen molar-refractivity contribution in [1.29, 1.82) is 0 Å². The molecule has 1 aliphatic rings. The lowest BCUT2D eigenvalue weighted by molar-refractivity contribution is -0.131. The molecule has 0 aromatic heterocycles. The molecule has 1 amide bonds. The van der Waals surface area contributed by atoms with Gasteiger partial charge in [-0.3, -0.25) is 14.3 Å². The van der Waals surface area contributed by atoms with Gasteiger partial charge in [-0.05, 0) is 19.8 Å². The number of nitrogens with one attached hydrogen (secondary N) is 1. The lowest BCUT2D eigenvalue weighted by Crippen LogP contribution is -2.45. The number of carbonyl (C=O) groups excluding carboxylic acids is 1. The van der Waals surface area contributed by atoms with Gasteiger partial charge in [-0.15, -0.1) is 0 Å². The van der Waals surface area contributed by atoms with Crippen LogP contribution in [0.1, 0.15) is 46.5 Å². The third kappa shape index (κ3) is 3.79. The van der Waals surface area contributed by atoms with Gasteiger partial charge in [0, 0.05) is 28.9 Å². The number of rotatable bonds is 7. The smallest absolute Gasteiger partial charge is 0.241 e. The number of hydrogen-bond acceptors (Lipinski definition) is 3. The molecule has 0 bridgehead atoms. The van der Waals surface area contributed by atoms with Crippen molar-refractivity contribution in [2.75, 3.05) is 12.0 Å². The highest BCUT2D eigenvalue weighted by molar-refractivity contribution is 7.84. The quantitative estimate of drug-likeness (QED) is 0.765. The summed E-state index contributed by atoms with van der Waals surface area (Å²) in [5, 5.41) is 3.42. The minimum atomic E-state index is -0.862. The van der Waals surface area contributed by atoms with Crippen molar-refractivity contribution in [2.24, 2.45) is 0 Å². The predicted octanol–water partition coefficient (Wildman–Crippen LogP) is 1.48. The van der Waals surface area contributed by atoms with Crippen molar-refractivity contribution in [3.63, 3.8) is 0 Å². The first-order chi connectivity index (χ1) is 8.51. The summed E-state index contributed by atoms with van der Waals surface area (Å²) in [6, 6.07) is 0.00790. The molecule has 0 spiro atoms. The van der Waals surface area contributed by atoms with Gasteiger partial charge in [-0.2, -0.15) is 0 Å². The van der Waals surface area contributed by atoms with Crippen molar-refractivity contribution >= 4 is 16.7 Å². The Morgan fingerprint density at radius 3 is 2.44 bits per heavy atom. The summed E-state index contributed by atoms with van der Waals surface area (Å²) in [6.07, 6.45) is 5.72. The molecule has 1 aliphatic heterocycles. The summed E-state index contributed by atoms with van der Waals surface area (Å²) in [5.41, 5.74) is 0. The first-order valence-corrected chi connectivity index (χ1v) is 8.62. The van der Waals surface area contributed by atoms with Crippen LogP contribution in [0, 0.1) is 0 Å². The standard InChI is InChI=1S/C13H26N2O2S/c1-5-7-11-13(16)15(10(3)9-18(4)17)12(14-11)8-6-2/h10-12,14H,5-9H2,1-4H3. The normalized spacial score (nSPS) is 27.6. The Morgan fingerprint density at radius 1 is 1.33 bits per heavy atom. The van der Waals surface area contributed by atoms with E-state index in [2.05, 4.69) is 19.2 Å². The Balaban J connectivity index is 2.76. The van der Waals surface area contributed by atoms with Crippen LogP contribution in [0.2, 0.25) is 0 Å². The fourth-order valence-corrected chi connectivity index (χ4v) is 3.49. The van der Waals surface area contributed by atoms with E-state index in [1.807, 2.05) is 11.8 Å². The Morgan fingerprint density at radius 2 is 1.94 bits per heavy atom. The van der Waals surface area contributed by atoms with E-state index in [1.165, 1.54) is 0 Å². The van der Waals surface area contributed by atoms with Crippen molar-refractivity contribution in [2.45, 2.75) is 64.7 Å². The fourth-order valence-electron chi connectivity index (χ4n) is 2.65. The molecular formula is C13H26N2O2S. The highest BCUT2D eigenvalue weighted by Gasteiger charge is 2.40. The van der Waals surface area contributed by atoms with Crippen LogP contribution >= 0.6 is 0 Å². The fraction of sp³-hybridized carbons (Fsp3) is 0.923. The molecule has 4 nitrogen and oxygen atoms in total. The van der Waals surface area contributed by atoms with E-state index in [0.717, 1.165) is 25.7 Å². The zero-order chi connectivity index (χ0) is 13.7. The van der Waals surface area contributed by atoms with Gasteiger partial charge >= 0.3 is 0 Å². The number of nitrogens with zero attached hydrogens (tertiary/aromatic N) is 1. The molecule has 0 aromatic carbocycles. The number of hydrogen-bond donors (Lipinski definition) is 1. The number of amides is 1. The molecule has 0 aliphatic carbocycles. The summed E-state index contributed by atoms with van der Waals surface area (Å²) >= 11 is 0. The van der Waals surface area contributed by atoms with Gasteiger partial charge < -0.3 is 4.90 Å². The second-order valence-electron chi connectivity index (χ2n) is 5.15. The van der Waals surface area contributed by atoms with Gasteiger partial charge in [-0.1, -0.05) is 26.7 Å². The Labute approximate surface area is 113 Å². The highest BCUT2D eigenvalue weighted by Crippen LogP contribution is 2.21. The molecule has 4 atom stereocenters. The summed E-state index contributed by atoms with van der Waals surface area (Å²) in [4.78, 5) is 14.3. The van der Waals surface area contributed by atoms with Crippen LogP contribution in [0.4, 0.5) is 0 Å². The van der Waals surface area contributed by atoms with Gasteiger partial charge in [0.15, 0.2) is 0 Å². The van der Waals surface area contributed by atoms with E-state index in [1.54, 1.807) is 6.26 Å². The van der Waals surface area contributed by atoms with Crippen LogP contribution < -0.4 is 5.32 Å². The van der Waals surface area contributed by atoms with E-state index < -0.39 is 10.8 Å². The zero-order valence-electron chi connectivity index (χ0n) is 11.9. The molecule has 5 heteroatoms. The van der Waals surface area contributed by atoms with Crippen molar-refractivity contribution in [3.8, 4) is 0 Å². The molecule has 1 heterocycles. The minimum Gasteiger partial charge on any atom is -0.322 e. The maximum atomic E-state index is 12.4. The molecule has 0 radical (unpaired) electrons. The van der Waals surface area contributed by atoms with Crippen LogP contribution in [0.15, 0.2) is 0 Å². The summed E-state index contributed by atoms with van der Waals surface area (Å²) < 4.78 is 11.3. The summed E-state index contributed by atoms with van der Waals surface area (Å²) in [6.45, 7) is 6.22. The van der Waals surface area contributed by atoms with Gasteiger partial charge in [0.25, 0.3) is 0 Å². The van der Waals surface area contributed by atoms with Crippen molar-refractivity contribution < 1.29 is 9.00 Å². The lowest BCUT2D eigenvalue weighted by Gasteiger charge is -2.29. The van der Waals surface area contributed by atoms with E-state index in [4.69, 9.17) is 0 Å². The predicted molar refractivity (Wildman–Crippen MR) is 75.8 cm³/mol. The molecule has 106 valence electrons. The SMILES string of the molecule is CCCC1NC(CCC)N(C(C)CS(C)=O)C1=O. The van der Waals surface area contributed by atoms with Crippen LogP contribution in [0.5, 0.6) is 0 Å². The first kappa shape index (κ1) is 15.6. The van der Waals surface area contributed by atoms with E-state index in [9.17, 15) is 9.00 Å². The zero-order valence-corrected chi connectivity index (χ0v) is 12.8. The maximum Gasteiger partial charge on any atom is 0.241 e. The molecule has 0 aromatic rings. The second-order valence-corrected chi connectivity index (χ2v) is 6.63. The van der Waals surface area contributed by atoms with E-state index >= 15 is 0 Å². The third-order valence-corrected chi connectivity index (χ3v) is 4.32. The summed E-state index contributed by atoms with van der Waals surface area (Å²) in [5.74, 6) is 0.750. The molecule has 1 fully saturated rings. The average Bonchev–Trinajstić information content (AvgIpc) is 2.56. The van der Waals surface area contributed by atoms with Crippen LogP contribution in [0.25, 0.3) is 0 Å². The van der Waals surface area contributed by atoms with Gasteiger partial charge in [0.2, 0.25) is 5.91 Å². The van der Waals surface area contributed by atoms with Crippen LogP contribution in [0.3, 0.4) is 0 Å². The van der Waals surface area contributed by atoms with E-state index in [0.29, 0.717) is 5.75 Å². The molecule has 18 heavy (non-hydrogen) atoms. The highest BCUT2D eigenvalue weighted by atomic mass is 32.2. The third-order valence-electron chi connectivity index (χ3n) is 3.37. The minimum absolute atomic E-state index is 0.0423. The molecule has 1 rings (SSSR count). The maximum absolute atomic E-state index is 12.4. The first-order valence-electron chi connectivity index (χ1n) is 6.89. The topological polar surface area (TPSA) is 49.4 Å². The van der Waals surface area contributed by atoms with Gasteiger partial charge in [-0.25, -0.2) is 0 Å². The monoisotopic (exact) mass is 274 g/mol. The Bertz CT molecular complexity index is 309.